The molecule has 4 aromatic rings. The largest absolute Gasteiger partial charge is 0.376 e. The number of rotatable bonds is 4. The second-order valence-electron chi connectivity index (χ2n) is 7.10. The number of nitrogens with two attached hydrogens (primary N) is 1. The van der Waals surface area contributed by atoms with E-state index in [0.717, 1.165) is 5.56 Å². The number of benzene rings is 2. The predicted octanol–water partition coefficient (Wildman–Crippen LogP) is 2.05. The fraction of sp³-hybridized carbons (Fsp3) is 0.200. The summed E-state index contributed by atoms with van der Waals surface area (Å²) in [7, 11) is 0. The van der Waals surface area contributed by atoms with Crippen molar-refractivity contribution in [1.29, 1.82) is 0 Å². The van der Waals surface area contributed by atoms with Crippen molar-refractivity contribution < 1.29 is 8.78 Å². The number of aromatic amines is 1. The number of hydrogen-bond donors (Lipinski definition) is 3. The highest BCUT2D eigenvalue weighted by atomic mass is 19.1. The molecule has 0 amide bonds. The van der Waals surface area contributed by atoms with E-state index in [1.807, 2.05) is 0 Å². The van der Waals surface area contributed by atoms with Crippen molar-refractivity contribution in [3.8, 4) is 0 Å². The molecule has 10 heteroatoms. The summed E-state index contributed by atoms with van der Waals surface area (Å²) in [6, 6.07) is 8.07. The number of nitrogens with zero attached hydrogens (tertiary/aromatic N) is 4. The quantitative estimate of drug-likeness (QED) is 0.475. The van der Waals surface area contributed by atoms with Crippen molar-refractivity contribution in [3.05, 3.63) is 81.8 Å². The molecule has 2 aromatic carbocycles. The molecule has 3 heterocycles. The fourth-order valence-electron chi connectivity index (χ4n) is 4.06. The van der Waals surface area contributed by atoms with Crippen molar-refractivity contribution in [2.45, 2.75) is 18.5 Å². The molecule has 2 atom stereocenters. The Morgan fingerprint density at radius 1 is 1.13 bits per heavy atom. The Labute approximate surface area is 168 Å². The third-order valence-electron chi connectivity index (χ3n) is 5.31. The fourth-order valence-corrected chi connectivity index (χ4v) is 4.06. The van der Waals surface area contributed by atoms with Crippen LogP contribution < -0.4 is 16.6 Å². The highest BCUT2D eigenvalue weighted by Crippen LogP contribution is 2.45. The molecule has 152 valence electrons. The molecule has 1 aliphatic rings. The van der Waals surface area contributed by atoms with Crippen LogP contribution >= 0.6 is 0 Å². The summed E-state index contributed by atoms with van der Waals surface area (Å²) < 4.78 is 29.5. The number of halogens is 2. The highest BCUT2D eigenvalue weighted by Gasteiger charge is 2.38. The zero-order valence-corrected chi connectivity index (χ0v) is 15.6. The second-order valence-corrected chi connectivity index (χ2v) is 7.10. The molecule has 0 saturated carbocycles. The monoisotopic (exact) mass is 409 g/mol. The van der Waals surface area contributed by atoms with Crippen LogP contribution in [0.2, 0.25) is 0 Å². The van der Waals surface area contributed by atoms with Gasteiger partial charge in [-0.15, -0.1) is 0 Å². The average molecular weight is 409 g/mol. The van der Waals surface area contributed by atoms with Gasteiger partial charge in [-0.05, 0) is 29.8 Å². The molecule has 0 aliphatic carbocycles. The lowest BCUT2D eigenvalue weighted by Gasteiger charge is -2.34. The molecule has 5 rings (SSSR count). The van der Waals surface area contributed by atoms with Gasteiger partial charge in [0.25, 0.3) is 5.56 Å². The lowest BCUT2D eigenvalue weighted by Crippen LogP contribution is -2.30. The topological polar surface area (TPSA) is 115 Å². The van der Waals surface area contributed by atoms with E-state index in [-0.39, 0.29) is 11.2 Å². The van der Waals surface area contributed by atoms with Gasteiger partial charge in [-0.1, -0.05) is 12.1 Å². The van der Waals surface area contributed by atoms with E-state index in [9.17, 15) is 13.6 Å². The van der Waals surface area contributed by atoms with Crippen LogP contribution in [0.5, 0.6) is 0 Å². The van der Waals surface area contributed by atoms with E-state index >= 15 is 0 Å². The Kier molecular flexibility index (Phi) is 4.28. The van der Waals surface area contributed by atoms with Gasteiger partial charge in [-0.2, -0.15) is 10.2 Å². The van der Waals surface area contributed by atoms with Crippen LogP contribution in [0, 0.1) is 11.6 Å². The number of nitrogens with one attached hydrogen (secondary N) is 2. The van der Waals surface area contributed by atoms with Crippen molar-refractivity contribution in [1.82, 2.24) is 25.0 Å². The number of aromatic nitrogens is 5. The third kappa shape index (κ3) is 2.84. The molecule has 0 bridgehead atoms. The molecule has 0 saturated heterocycles. The summed E-state index contributed by atoms with van der Waals surface area (Å²) in [4.78, 5) is 16.8. The summed E-state index contributed by atoms with van der Waals surface area (Å²) >= 11 is 0. The first-order chi connectivity index (χ1) is 14.6. The third-order valence-corrected chi connectivity index (χ3v) is 5.31. The summed E-state index contributed by atoms with van der Waals surface area (Å²) in [6.45, 7) is 0.790. The van der Waals surface area contributed by atoms with Crippen LogP contribution in [-0.2, 0) is 6.54 Å². The molecule has 0 spiro atoms. The van der Waals surface area contributed by atoms with Gasteiger partial charge >= 0.3 is 0 Å². The molecular formula is C20H17F2N7O. The molecule has 0 radical (unpaired) electrons. The minimum Gasteiger partial charge on any atom is -0.376 e. The Morgan fingerprint density at radius 2 is 1.93 bits per heavy atom. The lowest BCUT2D eigenvalue weighted by molar-refractivity contribution is 0.523. The van der Waals surface area contributed by atoms with E-state index < -0.39 is 23.3 Å². The van der Waals surface area contributed by atoms with Crippen molar-refractivity contribution in [2.75, 3.05) is 11.9 Å². The molecule has 8 nitrogen and oxygen atoms in total. The van der Waals surface area contributed by atoms with Gasteiger partial charge in [-0.25, -0.2) is 23.5 Å². The minimum atomic E-state index is -0.546. The van der Waals surface area contributed by atoms with Crippen LogP contribution in [-0.4, -0.2) is 31.5 Å². The second kappa shape index (κ2) is 6.99. The minimum absolute atomic E-state index is 0.190. The van der Waals surface area contributed by atoms with Crippen molar-refractivity contribution in [2.24, 2.45) is 5.73 Å². The van der Waals surface area contributed by atoms with Gasteiger partial charge in [0.15, 0.2) is 0 Å². The average Bonchev–Trinajstić information content (AvgIpc) is 3.18. The van der Waals surface area contributed by atoms with Crippen molar-refractivity contribution >= 4 is 16.5 Å². The van der Waals surface area contributed by atoms with Crippen LogP contribution in [0.15, 0.2) is 47.5 Å². The van der Waals surface area contributed by atoms with Gasteiger partial charge < -0.3 is 11.1 Å². The molecule has 30 heavy (non-hydrogen) atoms. The van der Waals surface area contributed by atoms with Gasteiger partial charge in [0.1, 0.15) is 23.8 Å². The zero-order valence-electron chi connectivity index (χ0n) is 15.6. The molecule has 0 fully saturated rings. The molecule has 1 aliphatic heterocycles. The van der Waals surface area contributed by atoms with Crippen LogP contribution in [0.1, 0.15) is 29.0 Å². The lowest BCUT2D eigenvalue weighted by atomic mass is 9.83. The first kappa shape index (κ1) is 18.4. The zero-order chi connectivity index (χ0) is 20.8. The Balaban J connectivity index is 1.80. The van der Waals surface area contributed by atoms with Gasteiger partial charge in [0, 0.05) is 17.6 Å². The molecule has 2 aromatic heterocycles. The molecule has 4 N–H and O–H groups in total. The predicted molar refractivity (Wildman–Crippen MR) is 106 cm³/mol. The van der Waals surface area contributed by atoms with Gasteiger partial charge in [0.05, 0.1) is 29.6 Å². The smallest absolute Gasteiger partial charge is 0.272 e. The van der Waals surface area contributed by atoms with Gasteiger partial charge in [-0.3, -0.25) is 4.79 Å². The van der Waals surface area contributed by atoms with Gasteiger partial charge in [0.2, 0.25) is 0 Å². The number of H-pyrrole nitrogens is 1. The van der Waals surface area contributed by atoms with Crippen LogP contribution in [0.3, 0.4) is 0 Å². The standard InChI is InChI=1S/C20H17F2N7O/c21-11-3-1-10(2-4-11)17-16(19-24-9-25-29(19)6-5-23)18-15-13(20(30)28-27-18)7-12(22)8-14(15)26-17/h1-4,7-9,16-17,26H,5-6,23H2,(H,28,30)/t16-,17-/m1/s1. The van der Waals surface area contributed by atoms with Crippen LogP contribution in [0.25, 0.3) is 10.8 Å². The van der Waals surface area contributed by atoms with Crippen molar-refractivity contribution in [3.63, 3.8) is 0 Å². The van der Waals surface area contributed by atoms with E-state index in [4.69, 9.17) is 5.73 Å². The summed E-state index contributed by atoms with van der Waals surface area (Å²) in [5, 5.41) is 15.0. The summed E-state index contributed by atoms with van der Waals surface area (Å²) in [5.74, 6) is -0.816. The van der Waals surface area contributed by atoms with Crippen LogP contribution in [0.4, 0.5) is 14.5 Å². The molecular weight excluding hydrogens is 392 g/mol. The number of hydrogen-bond acceptors (Lipinski definition) is 6. The Morgan fingerprint density at radius 3 is 2.70 bits per heavy atom. The first-order valence-corrected chi connectivity index (χ1v) is 9.38. The maximum absolute atomic E-state index is 14.2. The SMILES string of the molecule is NCCn1ncnc1[C@H]1c2n[nH]c(=O)c3cc(F)cc(c23)N[C@@H]1c1ccc(F)cc1. The van der Waals surface area contributed by atoms with E-state index in [1.165, 1.54) is 30.6 Å². The van der Waals surface area contributed by atoms with E-state index in [0.29, 0.717) is 35.7 Å². The normalized spacial score (nSPS) is 17.8. The maximum Gasteiger partial charge on any atom is 0.272 e. The number of anilines is 1. The highest BCUT2D eigenvalue weighted by molar-refractivity contribution is 5.97. The Hall–Kier alpha value is -3.66. The van der Waals surface area contributed by atoms with E-state index in [1.54, 1.807) is 16.8 Å². The van der Waals surface area contributed by atoms with E-state index in [2.05, 4.69) is 25.6 Å². The Bertz CT molecular complexity index is 1300. The maximum atomic E-state index is 14.2. The summed E-state index contributed by atoms with van der Waals surface area (Å²) in [6.07, 6.45) is 1.43. The molecule has 0 unspecified atom stereocenters. The first-order valence-electron chi connectivity index (χ1n) is 9.38. The summed E-state index contributed by atoms with van der Waals surface area (Å²) in [5.41, 5.74) is 6.95.